The lowest BCUT2D eigenvalue weighted by Gasteiger charge is -2.10. The average molecular weight is 317 g/mol. The van der Waals surface area contributed by atoms with E-state index in [4.69, 9.17) is 14.2 Å². The van der Waals surface area contributed by atoms with Gasteiger partial charge in [-0.15, -0.1) is 0 Å². The number of nitrogens with zero attached hydrogens (tertiary/aromatic N) is 1. The van der Waals surface area contributed by atoms with Gasteiger partial charge in [-0.25, -0.2) is 0 Å². The monoisotopic (exact) mass is 317 g/mol. The second-order valence-electron chi connectivity index (χ2n) is 4.78. The molecule has 0 saturated carbocycles. The largest absolute Gasteiger partial charge is 0.493 e. The minimum Gasteiger partial charge on any atom is -0.493 e. The van der Waals surface area contributed by atoms with Gasteiger partial charge in [-0.3, -0.25) is 10.1 Å². The molecule has 2 rings (SSSR count). The first-order valence-corrected chi connectivity index (χ1v) is 7.34. The summed E-state index contributed by atoms with van der Waals surface area (Å²) in [5.74, 6) is 1.70. The Morgan fingerprint density at radius 3 is 2.00 bits per heavy atom. The molecular formula is C17H19NO5. The number of methoxy groups -OCH3 is 1. The fraction of sp³-hybridized carbons (Fsp3) is 0.294. The van der Waals surface area contributed by atoms with Crippen LogP contribution < -0.4 is 14.2 Å². The predicted octanol–water partition coefficient (Wildman–Crippen LogP) is 3.84. The highest BCUT2D eigenvalue weighted by Crippen LogP contribution is 2.27. The van der Waals surface area contributed by atoms with Crippen molar-refractivity contribution in [1.29, 1.82) is 0 Å². The second-order valence-corrected chi connectivity index (χ2v) is 4.78. The molecule has 0 unspecified atom stereocenters. The van der Waals surface area contributed by atoms with Gasteiger partial charge in [0.15, 0.2) is 17.2 Å². The number of para-hydroxylation sites is 4. The van der Waals surface area contributed by atoms with Crippen molar-refractivity contribution >= 4 is 5.69 Å². The Kier molecular flexibility index (Phi) is 6.23. The number of ether oxygens (including phenoxy) is 3. The first kappa shape index (κ1) is 16.6. The number of unbranched alkanes of at least 4 members (excludes halogenated alkanes) is 1. The molecule has 0 radical (unpaired) electrons. The topological polar surface area (TPSA) is 70.8 Å². The van der Waals surface area contributed by atoms with Gasteiger partial charge in [-0.2, -0.15) is 0 Å². The zero-order valence-corrected chi connectivity index (χ0v) is 12.9. The highest BCUT2D eigenvalue weighted by molar-refractivity contribution is 5.45. The minimum atomic E-state index is -0.444. The smallest absolute Gasteiger partial charge is 0.310 e. The molecule has 2 aromatic rings. The molecule has 2 aromatic carbocycles. The van der Waals surface area contributed by atoms with E-state index in [1.807, 2.05) is 24.3 Å². The molecule has 6 nitrogen and oxygen atoms in total. The third-order valence-corrected chi connectivity index (χ3v) is 3.18. The second kappa shape index (κ2) is 8.63. The van der Waals surface area contributed by atoms with Crippen molar-refractivity contribution in [3.05, 3.63) is 58.6 Å². The Morgan fingerprint density at radius 2 is 1.39 bits per heavy atom. The minimum absolute atomic E-state index is 0.0160. The van der Waals surface area contributed by atoms with Crippen LogP contribution in [0.5, 0.6) is 17.2 Å². The van der Waals surface area contributed by atoms with Crippen LogP contribution in [-0.2, 0) is 0 Å². The van der Waals surface area contributed by atoms with E-state index in [2.05, 4.69) is 0 Å². The molecule has 0 fully saturated rings. The number of hydrogen-bond acceptors (Lipinski definition) is 5. The molecule has 0 heterocycles. The number of benzene rings is 2. The summed E-state index contributed by atoms with van der Waals surface area (Å²) >= 11 is 0. The van der Waals surface area contributed by atoms with Crippen LogP contribution in [0.3, 0.4) is 0 Å². The van der Waals surface area contributed by atoms with E-state index in [0.717, 1.165) is 12.8 Å². The quantitative estimate of drug-likeness (QED) is 0.399. The van der Waals surface area contributed by atoms with E-state index in [0.29, 0.717) is 30.5 Å². The molecule has 0 aliphatic heterocycles. The van der Waals surface area contributed by atoms with Crippen LogP contribution >= 0.6 is 0 Å². The average Bonchev–Trinajstić information content (AvgIpc) is 2.58. The van der Waals surface area contributed by atoms with Crippen molar-refractivity contribution in [3.8, 4) is 17.2 Å². The SMILES string of the molecule is COc1ccccc1OCCCCOc1ccccc1[N+](=O)[O-]. The van der Waals surface area contributed by atoms with Crippen LogP contribution in [0.4, 0.5) is 5.69 Å². The molecule has 0 amide bonds. The molecule has 0 aliphatic carbocycles. The zero-order chi connectivity index (χ0) is 16.5. The first-order chi connectivity index (χ1) is 11.2. The van der Waals surface area contributed by atoms with E-state index in [1.54, 1.807) is 25.3 Å². The molecule has 0 atom stereocenters. The van der Waals surface area contributed by atoms with Crippen molar-refractivity contribution in [2.45, 2.75) is 12.8 Å². The maximum absolute atomic E-state index is 10.9. The first-order valence-electron chi connectivity index (χ1n) is 7.34. The molecule has 23 heavy (non-hydrogen) atoms. The van der Waals surface area contributed by atoms with E-state index in [9.17, 15) is 10.1 Å². The zero-order valence-electron chi connectivity index (χ0n) is 12.9. The van der Waals surface area contributed by atoms with Crippen molar-refractivity contribution in [3.63, 3.8) is 0 Å². The highest BCUT2D eigenvalue weighted by Gasteiger charge is 2.13. The summed E-state index contributed by atoms with van der Waals surface area (Å²) in [6, 6.07) is 13.8. The maximum Gasteiger partial charge on any atom is 0.310 e. The molecule has 122 valence electrons. The van der Waals surface area contributed by atoms with Crippen LogP contribution in [0.25, 0.3) is 0 Å². The van der Waals surface area contributed by atoms with Gasteiger partial charge in [-0.1, -0.05) is 24.3 Å². The molecular weight excluding hydrogens is 298 g/mol. The standard InChI is InChI=1S/C17H19NO5/c1-21-16-10-4-5-11-17(16)23-13-7-6-12-22-15-9-3-2-8-14(15)18(19)20/h2-5,8-11H,6-7,12-13H2,1H3. The normalized spacial score (nSPS) is 10.1. The number of rotatable bonds is 9. The third-order valence-electron chi connectivity index (χ3n) is 3.18. The van der Waals surface area contributed by atoms with Crippen LogP contribution in [0.2, 0.25) is 0 Å². The fourth-order valence-electron chi connectivity index (χ4n) is 2.04. The lowest BCUT2D eigenvalue weighted by molar-refractivity contribution is -0.385. The summed E-state index contributed by atoms with van der Waals surface area (Å²) in [4.78, 5) is 10.4. The van der Waals surface area contributed by atoms with E-state index >= 15 is 0 Å². The lowest BCUT2D eigenvalue weighted by Crippen LogP contribution is -2.04. The number of hydrogen-bond donors (Lipinski definition) is 0. The van der Waals surface area contributed by atoms with E-state index in [1.165, 1.54) is 6.07 Å². The van der Waals surface area contributed by atoms with Crippen LogP contribution in [0.15, 0.2) is 48.5 Å². The van der Waals surface area contributed by atoms with Crippen LogP contribution in [-0.4, -0.2) is 25.2 Å². The van der Waals surface area contributed by atoms with E-state index < -0.39 is 4.92 Å². The third kappa shape index (κ3) is 4.88. The van der Waals surface area contributed by atoms with Gasteiger partial charge in [0.2, 0.25) is 0 Å². The molecule has 0 saturated heterocycles. The molecule has 0 spiro atoms. The van der Waals surface area contributed by atoms with Crippen molar-refractivity contribution in [1.82, 2.24) is 0 Å². The highest BCUT2D eigenvalue weighted by atomic mass is 16.6. The Morgan fingerprint density at radius 1 is 0.870 bits per heavy atom. The molecule has 0 N–H and O–H groups in total. The number of nitro benzene ring substituents is 1. The van der Waals surface area contributed by atoms with Crippen molar-refractivity contribution in [2.24, 2.45) is 0 Å². The predicted molar refractivity (Wildman–Crippen MR) is 86.3 cm³/mol. The van der Waals surface area contributed by atoms with Crippen molar-refractivity contribution < 1.29 is 19.1 Å². The van der Waals surface area contributed by atoms with Crippen LogP contribution in [0.1, 0.15) is 12.8 Å². The van der Waals surface area contributed by atoms with Gasteiger partial charge in [0, 0.05) is 6.07 Å². The maximum atomic E-state index is 10.9. The summed E-state index contributed by atoms with van der Waals surface area (Å²) in [7, 11) is 1.60. The van der Waals surface area contributed by atoms with Gasteiger partial charge in [0.05, 0.1) is 25.2 Å². The van der Waals surface area contributed by atoms with Gasteiger partial charge in [-0.05, 0) is 31.0 Å². The lowest BCUT2D eigenvalue weighted by atomic mass is 10.3. The van der Waals surface area contributed by atoms with Gasteiger partial charge < -0.3 is 14.2 Å². The van der Waals surface area contributed by atoms with Crippen LogP contribution in [0, 0.1) is 10.1 Å². The van der Waals surface area contributed by atoms with Gasteiger partial charge in [0.25, 0.3) is 0 Å². The number of nitro groups is 1. The molecule has 6 heteroatoms. The Bertz CT molecular complexity index is 644. The summed E-state index contributed by atoms with van der Waals surface area (Å²) in [6.07, 6.45) is 1.51. The van der Waals surface area contributed by atoms with Gasteiger partial charge >= 0.3 is 5.69 Å². The summed E-state index contributed by atoms with van der Waals surface area (Å²) in [5, 5.41) is 10.9. The van der Waals surface area contributed by atoms with Gasteiger partial charge in [0.1, 0.15) is 0 Å². The Hall–Kier alpha value is -2.76. The Labute approximate surface area is 134 Å². The van der Waals surface area contributed by atoms with E-state index in [-0.39, 0.29) is 5.69 Å². The molecule has 0 bridgehead atoms. The summed E-state index contributed by atoms with van der Waals surface area (Å²) < 4.78 is 16.3. The fourth-order valence-corrected chi connectivity index (χ4v) is 2.04. The summed E-state index contributed by atoms with van der Waals surface area (Å²) in [6.45, 7) is 0.931. The Balaban J connectivity index is 1.71. The molecule has 0 aromatic heterocycles. The van der Waals surface area contributed by atoms with Crippen molar-refractivity contribution in [2.75, 3.05) is 20.3 Å². The summed E-state index contributed by atoms with van der Waals surface area (Å²) in [5.41, 5.74) is -0.0160. The molecule has 0 aliphatic rings.